The normalized spacial score (nSPS) is 11.9. The van der Waals surface area contributed by atoms with Gasteiger partial charge in [-0.1, -0.05) is 68.8 Å². The minimum Gasteiger partial charge on any atom is -0.545 e. The highest BCUT2D eigenvalue weighted by Crippen LogP contribution is 2.44. The average Bonchev–Trinajstić information content (AvgIpc) is 0.891. The van der Waals surface area contributed by atoms with Crippen molar-refractivity contribution in [3.05, 3.63) is 123 Å². The van der Waals surface area contributed by atoms with E-state index < -0.39 is 21.9 Å². The summed E-state index contributed by atoms with van der Waals surface area (Å²) in [6.07, 6.45) is 11.5. The third-order valence-corrected chi connectivity index (χ3v) is 19.4. The first-order valence-corrected chi connectivity index (χ1v) is 34.2. The number of aromatic nitrogens is 4. The quantitative estimate of drug-likeness (QED) is 0.00993. The third kappa shape index (κ3) is 17.8. The number of unbranched alkanes of at least 4 members (excludes halogenated alkanes) is 9. The number of ether oxygens (including phenoxy) is 2. The summed E-state index contributed by atoms with van der Waals surface area (Å²) >= 11 is 3.71. The molecule has 1 aliphatic carbocycles. The van der Waals surface area contributed by atoms with Crippen LogP contribution >= 0.6 is 34.4 Å². The number of hydrogen-bond donors (Lipinski definition) is 6. The van der Waals surface area contributed by atoms with Gasteiger partial charge in [-0.25, -0.2) is 32.7 Å². The first kappa shape index (κ1) is 68.0. The van der Waals surface area contributed by atoms with Crippen LogP contribution in [0.25, 0.3) is 44.6 Å². The second kappa shape index (κ2) is 32.3. The van der Waals surface area contributed by atoms with Crippen molar-refractivity contribution in [3.63, 3.8) is 0 Å². The van der Waals surface area contributed by atoms with E-state index in [2.05, 4.69) is 58.5 Å². The summed E-state index contributed by atoms with van der Waals surface area (Å²) < 4.78 is 51.4. The Balaban J connectivity index is 0.600. The molecular weight excluding hydrogens is 1330 g/mol. The molecule has 0 spiro atoms. The first-order chi connectivity index (χ1) is 44.3. The van der Waals surface area contributed by atoms with Gasteiger partial charge in [-0.2, -0.15) is 0 Å². The summed E-state index contributed by atoms with van der Waals surface area (Å²) in [7, 11) is 3.78. The van der Waals surface area contributed by atoms with E-state index in [9.17, 15) is 37.5 Å². The molecule has 4 heterocycles. The number of aromatic carboxylic acids is 1. The Kier molecular flexibility index (Phi) is 23.9. The smallest absolute Gasteiger partial charge is 0.251 e. The minimum atomic E-state index is -3.91. The maximum absolute atomic E-state index is 13.3. The number of halogens is 1. The van der Waals surface area contributed by atoms with Gasteiger partial charge in [0.1, 0.15) is 31.8 Å². The highest BCUT2D eigenvalue weighted by Gasteiger charge is 2.25. The van der Waals surface area contributed by atoms with Gasteiger partial charge in [-0.05, 0) is 121 Å². The van der Waals surface area contributed by atoms with Crippen molar-refractivity contribution in [2.24, 2.45) is 0 Å². The molecule has 0 fully saturated rings. The number of amides is 4. The number of benzene rings is 5. The number of imidazole rings is 1. The van der Waals surface area contributed by atoms with E-state index in [0.717, 1.165) is 70.9 Å². The zero-order valence-electron chi connectivity index (χ0n) is 52.0. The third-order valence-electron chi connectivity index (χ3n) is 15.7. The molecule has 9 rings (SSSR count). The highest BCUT2D eigenvalue weighted by molar-refractivity contribution is 14.1. The lowest BCUT2D eigenvalue weighted by atomic mass is 9.89. The number of nitrogens with one attached hydrogen (secondary N) is 5. The molecule has 0 unspecified atom stereocenters. The second-order valence-electron chi connectivity index (χ2n) is 22.8. The molecular formula is C66H77IN12O11S2. The Morgan fingerprint density at radius 1 is 0.707 bits per heavy atom. The molecule has 0 saturated carbocycles. The molecule has 2 aliphatic heterocycles. The van der Waals surface area contributed by atoms with Crippen molar-refractivity contribution in [2.45, 2.75) is 111 Å². The monoisotopic (exact) mass is 1400 g/mol. The Bertz CT molecular complexity index is 4150. The van der Waals surface area contributed by atoms with Crippen LogP contribution in [0.4, 0.5) is 11.5 Å². The Morgan fingerprint density at radius 2 is 1.33 bits per heavy atom. The number of fused-ring (bicyclic) bond motifs is 4. The molecule has 26 heteroatoms. The van der Waals surface area contributed by atoms with Crippen molar-refractivity contribution in [2.75, 3.05) is 78.3 Å². The molecule has 4 aromatic carbocycles. The molecule has 0 bridgehead atoms. The number of rotatable bonds is 33. The number of carbonyl (C=O) groups is 5. The van der Waals surface area contributed by atoms with E-state index in [1.807, 2.05) is 90.8 Å². The second-order valence-corrected chi connectivity index (χ2v) is 26.7. The van der Waals surface area contributed by atoms with Crippen LogP contribution in [0.1, 0.15) is 121 Å². The molecule has 92 heavy (non-hydrogen) atoms. The van der Waals surface area contributed by atoms with Crippen LogP contribution in [0.15, 0.2) is 117 Å². The number of nitrogens with two attached hydrogens (primary N) is 1. The van der Waals surface area contributed by atoms with E-state index in [1.165, 1.54) is 42.4 Å². The number of carboxylic acids is 1. The minimum absolute atomic E-state index is 0.0186. The number of nitrogen functional groups attached to an aromatic ring is 1. The summed E-state index contributed by atoms with van der Waals surface area (Å²) in [4.78, 5) is 80.4. The van der Waals surface area contributed by atoms with Crippen molar-refractivity contribution < 1.29 is 51.4 Å². The maximum atomic E-state index is 13.3. The van der Waals surface area contributed by atoms with E-state index in [4.69, 9.17) is 24.6 Å². The fourth-order valence-electron chi connectivity index (χ4n) is 10.6. The van der Waals surface area contributed by atoms with Crippen molar-refractivity contribution in [1.29, 1.82) is 0 Å². The number of anilines is 2. The molecule has 6 aromatic rings. The van der Waals surface area contributed by atoms with Gasteiger partial charge >= 0.3 is 0 Å². The summed E-state index contributed by atoms with van der Waals surface area (Å²) in [5.74, 6) is -0.388. The van der Waals surface area contributed by atoms with Crippen molar-refractivity contribution >= 4 is 108 Å². The molecule has 23 nitrogen and oxygen atoms in total. The predicted molar refractivity (Wildman–Crippen MR) is 360 cm³/mol. The fraction of sp³-hybridized carbons (Fsp3) is 0.379. The Morgan fingerprint density at radius 3 is 2.00 bits per heavy atom. The van der Waals surface area contributed by atoms with E-state index in [1.54, 1.807) is 18.2 Å². The molecule has 3 aliphatic rings. The lowest BCUT2D eigenvalue weighted by Crippen LogP contribution is -2.29. The van der Waals surface area contributed by atoms with Gasteiger partial charge in [0.05, 0.1) is 16.9 Å². The number of hydrogen-bond acceptors (Lipinski definition) is 17. The molecule has 0 saturated heterocycles. The van der Waals surface area contributed by atoms with Gasteiger partial charge in [-0.15, -0.1) is 0 Å². The summed E-state index contributed by atoms with van der Waals surface area (Å²) in [5, 5.41) is 26.6. The van der Waals surface area contributed by atoms with Gasteiger partial charge in [0, 0.05) is 126 Å². The van der Waals surface area contributed by atoms with Gasteiger partial charge in [0.25, 0.3) is 11.8 Å². The summed E-state index contributed by atoms with van der Waals surface area (Å²) in [5.41, 5.74) is 10.7. The number of sulfonamides is 1. The van der Waals surface area contributed by atoms with Gasteiger partial charge < -0.3 is 60.3 Å². The summed E-state index contributed by atoms with van der Waals surface area (Å²) in [6.45, 7) is 2.52. The van der Waals surface area contributed by atoms with E-state index in [0.29, 0.717) is 113 Å². The first-order valence-electron chi connectivity index (χ1n) is 30.8. The van der Waals surface area contributed by atoms with E-state index >= 15 is 0 Å². The van der Waals surface area contributed by atoms with Crippen molar-refractivity contribution in [3.8, 4) is 33.9 Å². The number of aryl methyl sites for hydroxylation is 1. The van der Waals surface area contributed by atoms with Crippen molar-refractivity contribution in [1.82, 2.24) is 50.1 Å². The topological polar surface area (TPSA) is 310 Å². The maximum Gasteiger partial charge on any atom is 0.251 e. The predicted octanol–water partition coefficient (Wildman–Crippen LogP) is 7.70. The molecule has 7 N–H and O–H groups in total. The number of carboxylic acid groups (broad SMARTS) is 1. The van der Waals surface area contributed by atoms with Gasteiger partial charge in [-0.3, -0.25) is 19.2 Å². The van der Waals surface area contributed by atoms with Crippen LogP contribution in [-0.4, -0.2) is 125 Å². The summed E-state index contributed by atoms with van der Waals surface area (Å²) in [6, 6.07) is 25.8. The van der Waals surface area contributed by atoms with Crippen LogP contribution in [0, 0.1) is 3.57 Å². The SMILES string of the molecule is CN(C)c1ccc2c(-c3ccc(C(=O)NCCCCCNS(=O)(=O)c4cccc(C(=O)NCCCCCCCCCCNC(=O)CCC(=O)NCCCn5c(Sc6cc7c(cc6I)OCO7)nc6c(N)ncnc65)c4)cc3C(=O)[O-])c3ccc(=[N+](C)C)cc-3oc2c1. The number of nitrogens with zero attached hydrogens (tertiary/aromatic N) is 6. The average molecular weight is 1410 g/mol. The lowest BCUT2D eigenvalue weighted by molar-refractivity contribution is -0.255. The Labute approximate surface area is 552 Å². The van der Waals surface area contributed by atoms with Gasteiger partial charge in [0.15, 0.2) is 33.6 Å². The molecule has 4 amide bonds. The van der Waals surface area contributed by atoms with Crippen LogP contribution in [0.5, 0.6) is 11.5 Å². The standard InChI is InChI=1S/C66H77IN12O11S2/c1-77(2)44-21-24-48-52(36-44)90-53-37-45(78(3)4)22-25-49(53)59(48)47-23-20-43(35-50(47)65(84)85)64(83)72-30-14-11-15-32-75-92(86,87)46-19-16-18-42(34-46)63(82)71-29-13-10-8-6-5-7-9-12-28-69-57(80)26-27-58(81)70-31-17-33-79-62-60(61(68)73-40-74-62)76-66(79)91-56-39-55-54(38-51(56)67)88-41-89-55/h16,18-25,34-40,75H,5-15,17,26-33,41H2,1-4H3,(H6-,68,69,70,71,72,73,74,80,81,82,83,84,85). The highest BCUT2D eigenvalue weighted by atomic mass is 127. The lowest BCUT2D eigenvalue weighted by Gasteiger charge is -2.20. The van der Waals surface area contributed by atoms with Gasteiger partial charge in [0.2, 0.25) is 34.0 Å². The van der Waals surface area contributed by atoms with Crippen LogP contribution in [-0.2, 0) is 26.2 Å². The largest absolute Gasteiger partial charge is 0.545 e. The van der Waals surface area contributed by atoms with Crippen LogP contribution < -0.4 is 61.1 Å². The zero-order chi connectivity index (χ0) is 65.3. The number of carbonyl (C=O) groups excluding carboxylic acids is 5. The zero-order valence-corrected chi connectivity index (χ0v) is 55.8. The fourth-order valence-corrected chi connectivity index (χ4v) is 13.4. The Hall–Kier alpha value is -8.34. The molecule has 0 radical (unpaired) electrons. The molecule has 2 aromatic heterocycles. The van der Waals surface area contributed by atoms with Crippen LogP contribution in [0.3, 0.4) is 0 Å². The molecule has 0 atom stereocenters. The van der Waals surface area contributed by atoms with E-state index in [-0.39, 0.29) is 77.8 Å². The molecule has 486 valence electrons. The van der Waals surface area contributed by atoms with Crippen LogP contribution in [0.2, 0.25) is 0 Å².